The Hall–Kier alpha value is -2.38. The van der Waals surface area contributed by atoms with Crippen LogP contribution in [0, 0.1) is 5.82 Å². The van der Waals surface area contributed by atoms with Crippen LogP contribution in [0.5, 0.6) is 5.75 Å². The van der Waals surface area contributed by atoms with Crippen molar-refractivity contribution in [3.05, 3.63) is 70.5 Å². The van der Waals surface area contributed by atoms with Gasteiger partial charge in [0.1, 0.15) is 24.8 Å². The van der Waals surface area contributed by atoms with Gasteiger partial charge in [-0.15, -0.1) is 0 Å². The van der Waals surface area contributed by atoms with E-state index in [4.69, 9.17) is 14.6 Å². The van der Waals surface area contributed by atoms with Crippen LogP contribution in [0.15, 0.2) is 59.1 Å². The first-order valence-corrected chi connectivity index (χ1v) is 8.25. The highest BCUT2D eigenvalue weighted by molar-refractivity contribution is 9.10. The summed E-state index contributed by atoms with van der Waals surface area (Å²) >= 11 is 3.07. The van der Waals surface area contributed by atoms with Crippen molar-refractivity contribution >= 4 is 27.7 Å². The van der Waals surface area contributed by atoms with Crippen LogP contribution in [0.2, 0.25) is 0 Å². The summed E-state index contributed by atoms with van der Waals surface area (Å²) < 4.78 is 24.4. The van der Waals surface area contributed by atoms with E-state index in [-0.39, 0.29) is 35.7 Å². The van der Waals surface area contributed by atoms with E-state index in [1.807, 2.05) is 30.3 Å². The van der Waals surface area contributed by atoms with Crippen molar-refractivity contribution in [1.29, 1.82) is 0 Å². The van der Waals surface area contributed by atoms with E-state index in [9.17, 15) is 9.18 Å². The first kappa shape index (κ1) is 19.0. The van der Waals surface area contributed by atoms with E-state index in [0.717, 1.165) is 11.6 Å². The van der Waals surface area contributed by atoms with Gasteiger partial charge in [-0.25, -0.2) is 9.18 Å². The Morgan fingerprint density at radius 3 is 2.72 bits per heavy atom. The van der Waals surface area contributed by atoms with Gasteiger partial charge in [0.25, 0.3) is 0 Å². The van der Waals surface area contributed by atoms with Gasteiger partial charge in [0, 0.05) is 6.07 Å². The molecule has 0 aliphatic rings. The number of hydrogen-bond donors (Lipinski definition) is 2. The fourth-order valence-corrected chi connectivity index (χ4v) is 2.24. The molecule has 0 aliphatic heterocycles. The van der Waals surface area contributed by atoms with Gasteiger partial charge in [-0.2, -0.15) is 0 Å². The van der Waals surface area contributed by atoms with Crippen LogP contribution >= 0.6 is 15.9 Å². The fourth-order valence-electron chi connectivity index (χ4n) is 1.90. The summed E-state index contributed by atoms with van der Waals surface area (Å²) in [6.45, 7) is 0.120. The molecule has 2 aromatic rings. The summed E-state index contributed by atoms with van der Waals surface area (Å²) in [6, 6.07) is 11.8. The second kappa shape index (κ2) is 9.80. The molecule has 2 rings (SSSR count). The maximum absolute atomic E-state index is 13.7. The number of aliphatic hydroxyl groups is 1. The summed E-state index contributed by atoms with van der Waals surface area (Å²) in [6.07, 6.45) is 2.39. The van der Waals surface area contributed by atoms with Crippen LogP contribution in [0.1, 0.15) is 5.56 Å². The Bertz CT molecular complexity index is 737. The largest absolute Gasteiger partial charge is 0.487 e. The third kappa shape index (κ3) is 6.21. The number of ether oxygens (including phenoxy) is 2. The zero-order valence-electron chi connectivity index (χ0n) is 13.2. The molecule has 0 fully saturated rings. The van der Waals surface area contributed by atoms with Gasteiger partial charge in [0.15, 0.2) is 0 Å². The zero-order valence-corrected chi connectivity index (χ0v) is 14.8. The maximum atomic E-state index is 13.7. The molecule has 0 bridgehead atoms. The highest BCUT2D eigenvalue weighted by atomic mass is 79.9. The normalized spacial score (nSPS) is 10.7. The highest BCUT2D eigenvalue weighted by Gasteiger charge is 2.13. The minimum atomic E-state index is -0.682. The molecule has 1 amide bonds. The van der Waals surface area contributed by atoms with Crippen LogP contribution in [-0.2, 0) is 11.3 Å². The summed E-state index contributed by atoms with van der Waals surface area (Å²) in [5.41, 5.74) is 1.12. The number of anilines is 1. The molecule has 0 unspecified atom stereocenters. The lowest BCUT2D eigenvalue weighted by molar-refractivity contribution is 0.155. The standard InChI is InChI=1S/C18H17BrFNO4/c19-14-10-16(17(11-15(14)20)24-9-5-4-8-22)21-18(23)25-12-13-6-2-1-3-7-13/h1-7,10-11,22H,8-9,12H2,(H,21,23). The van der Waals surface area contributed by atoms with E-state index in [0.29, 0.717) is 0 Å². The number of rotatable bonds is 7. The van der Waals surface area contributed by atoms with Crippen molar-refractivity contribution in [2.45, 2.75) is 6.61 Å². The molecule has 0 spiro atoms. The number of halogens is 2. The van der Waals surface area contributed by atoms with E-state index >= 15 is 0 Å². The number of benzene rings is 2. The number of aliphatic hydroxyl groups excluding tert-OH is 1. The van der Waals surface area contributed by atoms with Crippen LogP contribution in [0.4, 0.5) is 14.9 Å². The van der Waals surface area contributed by atoms with E-state index < -0.39 is 11.9 Å². The van der Waals surface area contributed by atoms with Crippen molar-refractivity contribution in [1.82, 2.24) is 0 Å². The quantitative estimate of drug-likeness (QED) is 0.670. The molecular formula is C18H17BrFNO4. The third-order valence-electron chi connectivity index (χ3n) is 3.08. The molecule has 2 aromatic carbocycles. The van der Waals surface area contributed by atoms with Crippen LogP contribution in [0.25, 0.3) is 0 Å². The zero-order chi connectivity index (χ0) is 18.1. The molecule has 0 radical (unpaired) electrons. The Morgan fingerprint density at radius 2 is 2.00 bits per heavy atom. The Balaban J connectivity index is 2.02. The molecule has 0 aliphatic carbocycles. The lowest BCUT2D eigenvalue weighted by Crippen LogP contribution is -2.14. The molecule has 2 N–H and O–H groups in total. The van der Waals surface area contributed by atoms with Crippen molar-refractivity contribution in [3.8, 4) is 5.75 Å². The second-order valence-corrected chi connectivity index (χ2v) is 5.77. The predicted molar refractivity (Wildman–Crippen MR) is 96.1 cm³/mol. The van der Waals surface area contributed by atoms with Crippen molar-refractivity contribution in [2.24, 2.45) is 0 Å². The van der Waals surface area contributed by atoms with E-state index in [1.54, 1.807) is 6.08 Å². The van der Waals surface area contributed by atoms with Gasteiger partial charge in [0.2, 0.25) is 0 Å². The Labute approximate surface area is 153 Å². The van der Waals surface area contributed by atoms with Gasteiger partial charge in [0.05, 0.1) is 16.8 Å². The van der Waals surface area contributed by atoms with Crippen LogP contribution in [0.3, 0.4) is 0 Å². The fraction of sp³-hybridized carbons (Fsp3) is 0.167. The summed E-state index contributed by atoms with van der Waals surface area (Å²) in [4.78, 5) is 12.0. The second-order valence-electron chi connectivity index (χ2n) is 4.91. The summed E-state index contributed by atoms with van der Waals surface area (Å²) in [5, 5.41) is 11.2. The smallest absolute Gasteiger partial charge is 0.412 e. The molecule has 0 aromatic heterocycles. The minimum Gasteiger partial charge on any atom is -0.487 e. The number of carbonyl (C=O) groups is 1. The molecular weight excluding hydrogens is 393 g/mol. The third-order valence-corrected chi connectivity index (χ3v) is 3.69. The highest BCUT2D eigenvalue weighted by Crippen LogP contribution is 2.31. The Morgan fingerprint density at radius 1 is 1.24 bits per heavy atom. The monoisotopic (exact) mass is 409 g/mol. The van der Waals surface area contributed by atoms with E-state index in [1.165, 1.54) is 12.1 Å². The molecule has 0 atom stereocenters. The van der Waals surface area contributed by atoms with Crippen LogP contribution < -0.4 is 10.1 Å². The van der Waals surface area contributed by atoms with Gasteiger partial charge in [-0.1, -0.05) is 36.4 Å². The number of nitrogens with one attached hydrogen (secondary N) is 1. The van der Waals surface area contributed by atoms with Gasteiger partial charge in [-0.05, 0) is 33.6 Å². The molecule has 0 saturated heterocycles. The predicted octanol–water partition coefficient (Wildman–Crippen LogP) is 4.26. The van der Waals surface area contributed by atoms with Gasteiger partial charge in [-0.3, -0.25) is 5.32 Å². The first-order chi connectivity index (χ1) is 12.1. The molecule has 5 nitrogen and oxygen atoms in total. The number of carbonyl (C=O) groups excluding carboxylic acids is 1. The van der Waals surface area contributed by atoms with Crippen LogP contribution in [-0.4, -0.2) is 24.4 Å². The molecule has 7 heteroatoms. The summed E-state index contributed by atoms with van der Waals surface area (Å²) in [7, 11) is 0. The number of amides is 1. The lowest BCUT2D eigenvalue weighted by Gasteiger charge is -2.13. The lowest BCUT2D eigenvalue weighted by atomic mass is 10.2. The van der Waals surface area contributed by atoms with E-state index in [2.05, 4.69) is 21.2 Å². The van der Waals surface area contributed by atoms with Gasteiger partial charge >= 0.3 is 6.09 Å². The average Bonchev–Trinajstić information content (AvgIpc) is 2.61. The molecule has 0 heterocycles. The minimum absolute atomic E-state index is 0.116. The van der Waals surface area contributed by atoms with Crippen molar-refractivity contribution < 1.29 is 23.8 Å². The van der Waals surface area contributed by atoms with Crippen molar-refractivity contribution in [3.63, 3.8) is 0 Å². The Kier molecular flexibility index (Phi) is 7.43. The molecule has 132 valence electrons. The SMILES string of the molecule is O=C(Nc1cc(Br)c(F)cc1OCC=CCO)OCc1ccccc1. The topological polar surface area (TPSA) is 67.8 Å². The molecule has 25 heavy (non-hydrogen) atoms. The maximum Gasteiger partial charge on any atom is 0.412 e. The summed E-state index contributed by atoms with van der Waals surface area (Å²) in [5.74, 6) is -0.371. The van der Waals surface area contributed by atoms with Gasteiger partial charge < -0.3 is 14.6 Å². The first-order valence-electron chi connectivity index (χ1n) is 7.45. The molecule has 0 saturated carbocycles. The number of hydrogen-bond acceptors (Lipinski definition) is 4. The average molecular weight is 410 g/mol. The van der Waals surface area contributed by atoms with Crippen molar-refractivity contribution in [2.75, 3.05) is 18.5 Å².